The zero-order valence-corrected chi connectivity index (χ0v) is 11.2. The number of benzene rings is 1. The molecule has 1 N–H and O–H groups in total. The smallest absolute Gasteiger partial charge is 0.272 e. The summed E-state index contributed by atoms with van der Waals surface area (Å²) in [4.78, 5) is 14.3. The Labute approximate surface area is 120 Å². The maximum absolute atomic E-state index is 13.4. The van der Waals surface area contributed by atoms with Gasteiger partial charge in [-0.25, -0.2) is 14.1 Å². The molecule has 0 radical (unpaired) electrons. The van der Waals surface area contributed by atoms with E-state index in [0.29, 0.717) is 18.2 Å². The molecule has 0 spiro atoms. The van der Waals surface area contributed by atoms with Gasteiger partial charge in [0.1, 0.15) is 18.0 Å². The van der Waals surface area contributed by atoms with Crippen LogP contribution in [0.1, 0.15) is 24.2 Å². The molecule has 0 amide bonds. The van der Waals surface area contributed by atoms with Crippen molar-refractivity contribution in [3.05, 3.63) is 51.8 Å². The Hall–Kier alpha value is -2.35. The molecule has 0 bridgehead atoms. The first-order valence-electron chi connectivity index (χ1n) is 6.66. The summed E-state index contributed by atoms with van der Waals surface area (Å²) >= 11 is 0. The number of hydrogen-bond acceptors (Lipinski definition) is 5. The van der Waals surface area contributed by atoms with Crippen LogP contribution in [0.2, 0.25) is 0 Å². The molecule has 21 heavy (non-hydrogen) atoms. The van der Waals surface area contributed by atoms with Gasteiger partial charge in [0.15, 0.2) is 0 Å². The van der Waals surface area contributed by atoms with Gasteiger partial charge in [0.05, 0.1) is 24.1 Å². The van der Waals surface area contributed by atoms with E-state index < -0.39 is 10.7 Å². The number of nitrogens with zero attached hydrogens (tertiary/aromatic N) is 4. The van der Waals surface area contributed by atoms with Crippen molar-refractivity contribution in [3.8, 4) is 0 Å². The van der Waals surface area contributed by atoms with Crippen LogP contribution in [0.15, 0.2) is 24.5 Å². The number of nitrogens with one attached hydrogen (secondary N) is 1. The zero-order chi connectivity index (χ0) is 14.8. The minimum Gasteiger partial charge on any atom is -0.307 e. The summed E-state index contributed by atoms with van der Waals surface area (Å²) in [7, 11) is 0. The summed E-state index contributed by atoms with van der Waals surface area (Å²) < 4.78 is 15.0. The van der Waals surface area contributed by atoms with Crippen molar-refractivity contribution in [2.75, 3.05) is 0 Å². The molecular weight excluding hydrogens is 277 g/mol. The molecule has 1 fully saturated rings. The molecule has 0 aliphatic heterocycles. The predicted molar refractivity (Wildman–Crippen MR) is 72.0 cm³/mol. The largest absolute Gasteiger partial charge is 0.307 e. The average molecular weight is 291 g/mol. The van der Waals surface area contributed by atoms with Crippen molar-refractivity contribution in [3.63, 3.8) is 0 Å². The Kier molecular flexibility index (Phi) is 3.61. The van der Waals surface area contributed by atoms with Crippen LogP contribution in [0.25, 0.3) is 0 Å². The standard InChI is InChI=1S/C13H14FN5O2/c14-10-3-9(4-12(5-10)19(20)21)7-18-13(16-8-17-18)6-15-11-1-2-11/h3-5,8,11,15H,1-2,6-7H2. The van der Waals surface area contributed by atoms with Gasteiger partial charge in [-0.1, -0.05) is 0 Å². The maximum Gasteiger partial charge on any atom is 0.272 e. The molecule has 0 unspecified atom stereocenters. The molecule has 1 aliphatic rings. The quantitative estimate of drug-likeness (QED) is 0.645. The van der Waals surface area contributed by atoms with Gasteiger partial charge in [0.25, 0.3) is 5.69 Å². The summed E-state index contributed by atoms with van der Waals surface area (Å²) in [6.45, 7) is 0.836. The number of hydrogen-bond donors (Lipinski definition) is 1. The number of halogens is 1. The van der Waals surface area contributed by atoms with Crippen molar-refractivity contribution < 1.29 is 9.31 Å². The Balaban J connectivity index is 1.76. The van der Waals surface area contributed by atoms with E-state index in [4.69, 9.17) is 0 Å². The van der Waals surface area contributed by atoms with Gasteiger partial charge in [-0.2, -0.15) is 5.10 Å². The van der Waals surface area contributed by atoms with Crippen molar-refractivity contribution >= 4 is 5.69 Å². The summed E-state index contributed by atoms with van der Waals surface area (Å²) in [6, 6.07) is 4.07. The molecule has 3 rings (SSSR count). The molecule has 0 saturated heterocycles. The lowest BCUT2D eigenvalue weighted by atomic mass is 10.2. The van der Waals surface area contributed by atoms with E-state index >= 15 is 0 Å². The third-order valence-corrected chi connectivity index (χ3v) is 3.31. The second-order valence-electron chi connectivity index (χ2n) is 5.06. The molecular formula is C13H14FN5O2. The van der Waals surface area contributed by atoms with Crippen molar-refractivity contribution in [1.82, 2.24) is 20.1 Å². The minimum atomic E-state index is -0.628. The fraction of sp³-hybridized carbons (Fsp3) is 0.385. The number of non-ortho nitro benzene ring substituents is 1. The molecule has 110 valence electrons. The van der Waals surface area contributed by atoms with Crippen molar-refractivity contribution in [2.24, 2.45) is 0 Å². The minimum absolute atomic E-state index is 0.250. The van der Waals surface area contributed by atoms with Crippen molar-refractivity contribution in [2.45, 2.75) is 32.0 Å². The van der Waals surface area contributed by atoms with Crippen LogP contribution in [0, 0.1) is 15.9 Å². The molecule has 1 saturated carbocycles. The van der Waals surface area contributed by atoms with E-state index in [9.17, 15) is 14.5 Å². The first kappa shape index (κ1) is 13.6. The van der Waals surface area contributed by atoms with Gasteiger partial charge in [0, 0.05) is 12.1 Å². The average Bonchev–Trinajstić information content (AvgIpc) is 3.16. The van der Waals surface area contributed by atoms with Crippen LogP contribution in [0.3, 0.4) is 0 Å². The SMILES string of the molecule is O=[N+]([O-])c1cc(F)cc(Cn2ncnc2CNC2CC2)c1. The highest BCUT2D eigenvalue weighted by Gasteiger charge is 2.21. The van der Waals surface area contributed by atoms with Gasteiger partial charge in [-0.3, -0.25) is 10.1 Å². The summed E-state index contributed by atoms with van der Waals surface area (Å²) in [5.74, 6) is 0.103. The lowest BCUT2D eigenvalue weighted by molar-refractivity contribution is -0.385. The van der Waals surface area contributed by atoms with Crippen LogP contribution >= 0.6 is 0 Å². The highest BCUT2D eigenvalue weighted by Crippen LogP contribution is 2.19. The number of nitro groups is 1. The fourth-order valence-electron chi connectivity index (χ4n) is 2.08. The van der Waals surface area contributed by atoms with E-state index in [1.807, 2.05) is 0 Å². The Bertz CT molecular complexity index is 668. The third kappa shape index (κ3) is 3.40. The predicted octanol–water partition coefficient (Wildman–Crippen LogP) is 1.63. The lowest BCUT2D eigenvalue weighted by Crippen LogP contribution is -2.19. The van der Waals surface area contributed by atoms with Crippen LogP contribution in [-0.4, -0.2) is 25.7 Å². The van der Waals surface area contributed by atoms with Crippen molar-refractivity contribution in [1.29, 1.82) is 0 Å². The molecule has 8 heteroatoms. The monoisotopic (exact) mass is 291 g/mol. The molecule has 7 nitrogen and oxygen atoms in total. The molecule has 2 aromatic rings. The Morgan fingerprint density at radius 3 is 2.95 bits per heavy atom. The molecule has 1 aromatic carbocycles. The summed E-state index contributed by atoms with van der Waals surface area (Å²) in [5.41, 5.74) is 0.225. The number of aromatic nitrogens is 3. The van der Waals surface area contributed by atoms with Gasteiger partial charge in [0.2, 0.25) is 0 Å². The van der Waals surface area contributed by atoms with Gasteiger partial charge >= 0.3 is 0 Å². The van der Waals surface area contributed by atoms with E-state index in [0.717, 1.165) is 11.9 Å². The van der Waals surface area contributed by atoms with E-state index in [1.54, 1.807) is 4.68 Å². The Morgan fingerprint density at radius 2 is 2.24 bits per heavy atom. The molecule has 1 aromatic heterocycles. The number of nitro benzene ring substituents is 1. The van der Waals surface area contributed by atoms with Gasteiger partial charge < -0.3 is 5.32 Å². The van der Waals surface area contributed by atoms with Gasteiger partial charge in [-0.05, 0) is 24.5 Å². The normalized spacial score (nSPS) is 14.3. The van der Waals surface area contributed by atoms with Gasteiger partial charge in [-0.15, -0.1) is 0 Å². The highest BCUT2D eigenvalue weighted by atomic mass is 19.1. The third-order valence-electron chi connectivity index (χ3n) is 3.31. The molecule has 0 atom stereocenters. The van der Waals surface area contributed by atoms with E-state index in [1.165, 1.54) is 31.3 Å². The van der Waals surface area contributed by atoms with Crippen LogP contribution in [-0.2, 0) is 13.1 Å². The van der Waals surface area contributed by atoms with E-state index in [2.05, 4.69) is 15.4 Å². The fourth-order valence-corrected chi connectivity index (χ4v) is 2.08. The second kappa shape index (κ2) is 5.57. The molecule has 1 aliphatic carbocycles. The highest BCUT2D eigenvalue weighted by molar-refractivity contribution is 5.35. The Morgan fingerprint density at radius 1 is 1.43 bits per heavy atom. The van der Waals surface area contributed by atoms with Crippen LogP contribution in [0.5, 0.6) is 0 Å². The summed E-state index contributed by atoms with van der Waals surface area (Å²) in [6.07, 6.45) is 3.77. The lowest BCUT2D eigenvalue weighted by Gasteiger charge is -2.07. The number of rotatable bonds is 6. The maximum atomic E-state index is 13.4. The first-order valence-corrected chi connectivity index (χ1v) is 6.66. The topological polar surface area (TPSA) is 85.9 Å². The van der Waals surface area contributed by atoms with E-state index in [-0.39, 0.29) is 12.2 Å². The zero-order valence-electron chi connectivity index (χ0n) is 11.2. The summed E-state index contributed by atoms with van der Waals surface area (Å²) in [5, 5.41) is 18.2. The molecule has 1 heterocycles. The second-order valence-corrected chi connectivity index (χ2v) is 5.06. The first-order chi connectivity index (χ1) is 10.1. The van der Waals surface area contributed by atoms with Crippen LogP contribution in [0.4, 0.5) is 10.1 Å². The van der Waals surface area contributed by atoms with Crippen LogP contribution < -0.4 is 5.32 Å².